The van der Waals surface area contributed by atoms with E-state index >= 15 is 0 Å². The molecule has 0 spiro atoms. The number of Topliss-reactive ketones (excluding diaryl/α,β-unsaturated/α-hetero) is 1. The molecule has 2 aromatic carbocycles. The molecule has 2 rings (SSSR count). The van der Waals surface area contributed by atoms with Gasteiger partial charge in [-0.2, -0.15) is 0 Å². The van der Waals surface area contributed by atoms with Crippen molar-refractivity contribution in [2.24, 2.45) is 0 Å². The van der Waals surface area contributed by atoms with Gasteiger partial charge < -0.3 is 29.4 Å². The van der Waals surface area contributed by atoms with Gasteiger partial charge in [0, 0.05) is 0 Å². The number of anilines is 1. The Hall–Kier alpha value is -3.06. The molecule has 0 aliphatic carbocycles. The fourth-order valence-electron chi connectivity index (χ4n) is 2.76. The molecule has 156 valence electrons. The van der Waals surface area contributed by atoms with E-state index in [4.69, 9.17) is 41.0 Å². The molecule has 0 heterocycles. The van der Waals surface area contributed by atoms with E-state index < -0.39 is 5.78 Å². The molecule has 2 N–H and O–H groups in total. The van der Waals surface area contributed by atoms with Crippen LogP contribution in [0.2, 0.25) is 0 Å². The number of hydrogen-bond donors (Lipinski definition) is 1. The van der Waals surface area contributed by atoms with Crippen LogP contribution in [0.1, 0.15) is 22.8 Å². The Balaban J connectivity index is 2.53. The number of carbonyl (C=O) groups excluding carboxylic acids is 1. The third-order valence-electron chi connectivity index (χ3n) is 4.08. The summed E-state index contributed by atoms with van der Waals surface area (Å²) in [6, 6.07) is 6.62. The Morgan fingerprint density at radius 1 is 0.966 bits per heavy atom. The molecule has 0 atom stereocenters. The first-order valence-corrected chi connectivity index (χ1v) is 9.10. The molecule has 0 saturated heterocycles. The fourth-order valence-corrected chi connectivity index (χ4v) is 2.99. The van der Waals surface area contributed by atoms with E-state index in [1.165, 1.54) is 40.6 Å². The van der Waals surface area contributed by atoms with Gasteiger partial charge in [-0.15, -0.1) is 0 Å². The van der Waals surface area contributed by atoms with E-state index in [0.717, 1.165) is 0 Å². The molecule has 0 aromatic heterocycles. The van der Waals surface area contributed by atoms with Crippen molar-refractivity contribution in [2.75, 3.05) is 40.8 Å². The number of nitrogen functional groups attached to an aromatic ring is 1. The average Bonchev–Trinajstić information content (AvgIpc) is 2.73. The zero-order valence-corrected chi connectivity index (χ0v) is 17.8. The summed E-state index contributed by atoms with van der Waals surface area (Å²) >= 11 is 6.33. The van der Waals surface area contributed by atoms with E-state index in [1.807, 2.05) is 6.92 Å². The number of carbonyl (C=O) groups is 1. The van der Waals surface area contributed by atoms with Crippen LogP contribution in [0.15, 0.2) is 29.3 Å². The third-order valence-corrected chi connectivity index (χ3v) is 4.36. The van der Waals surface area contributed by atoms with E-state index in [1.54, 1.807) is 18.2 Å². The summed E-state index contributed by atoms with van der Waals surface area (Å²) in [5.74, 6) is 1.08. The van der Waals surface area contributed by atoms with E-state index in [-0.39, 0.29) is 22.1 Å². The molecule has 2 aromatic rings. The van der Waals surface area contributed by atoms with Crippen LogP contribution in [0.3, 0.4) is 0 Å². The maximum absolute atomic E-state index is 13.1. The standard InChI is InChI=1S/C21H24ClNO6/c1-6-29-16-10-12(7-8-15(16)23)9-14(22)18(24)13-11-17(25-2)20(27-4)21(28-5)19(13)26-3/h7-11H,6,23H2,1-5H3. The molecule has 8 heteroatoms. The van der Waals surface area contributed by atoms with E-state index in [2.05, 4.69) is 0 Å². The first-order valence-electron chi connectivity index (χ1n) is 8.72. The Morgan fingerprint density at radius 2 is 1.62 bits per heavy atom. The number of benzene rings is 2. The fraction of sp³-hybridized carbons (Fsp3) is 0.286. The third kappa shape index (κ3) is 4.68. The quantitative estimate of drug-likeness (QED) is 0.369. The molecular weight excluding hydrogens is 398 g/mol. The summed E-state index contributed by atoms with van der Waals surface area (Å²) < 4.78 is 26.9. The molecule has 7 nitrogen and oxygen atoms in total. The summed E-state index contributed by atoms with van der Waals surface area (Å²) in [5.41, 5.74) is 7.21. The number of nitrogens with two attached hydrogens (primary N) is 1. The van der Waals surface area contributed by atoms with Crippen LogP contribution in [0, 0.1) is 0 Å². The van der Waals surface area contributed by atoms with Crippen LogP contribution in [-0.4, -0.2) is 40.8 Å². The van der Waals surface area contributed by atoms with Crippen LogP contribution in [0.4, 0.5) is 5.69 Å². The van der Waals surface area contributed by atoms with Gasteiger partial charge in [-0.05, 0) is 36.8 Å². The van der Waals surface area contributed by atoms with Crippen LogP contribution in [0.25, 0.3) is 6.08 Å². The van der Waals surface area contributed by atoms with Crippen molar-refractivity contribution >= 4 is 29.1 Å². The zero-order chi connectivity index (χ0) is 21.6. The highest BCUT2D eigenvalue weighted by molar-refractivity contribution is 6.47. The van der Waals surface area contributed by atoms with Gasteiger partial charge in [-0.1, -0.05) is 17.7 Å². The van der Waals surface area contributed by atoms with Crippen molar-refractivity contribution in [3.05, 3.63) is 40.4 Å². The van der Waals surface area contributed by atoms with Gasteiger partial charge in [-0.25, -0.2) is 0 Å². The Bertz CT molecular complexity index is 926. The minimum absolute atomic E-state index is 0.0372. The lowest BCUT2D eigenvalue weighted by molar-refractivity contribution is 0.103. The van der Waals surface area contributed by atoms with Crippen molar-refractivity contribution in [3.8, 4) is 28.7 Å². The van der Waals surface area contributed by atoms with Gasteiger partial charge >= 0.3 is 0 Å². The van der Waals surface area contributed by atoms with Crippen molar-refractivity contribution in [1.82, 2.24) is 0 Å². The second kappa shape index (κ2) is 9.93. The second-order valence-electron chi connectivity index (χ2n) is 5.78. The first-order chi connectivity index (χ1) is 13.9. The predicted octanol–water partition coefficient (Wildman–Crippen LogP) is 4.16. The lowest BCUT2D eigenvalue weighted by Gasteiger charge is -2.18. The molecule has 0 aliphatic rings. The minimum atomic E-state index is -0.474. The van der Waals surface area contributed by atoms with Gasteiger partial charge in [0.1, 0.15) is 5.75 Å². The molecule has 29 heavy (non-hydrogen) atoms. The largest absolute Gasteiger partial charge is 0.493 e. The van der Waals surface area contributed by atoms with Crippen LogP contribution < -0.4 is 29.4 Å². The van der Waals surface area contributed by atoms with Gasteiger partial charge in [0.2, 0.25) is 17.3 Å². The second-order valence-corrected chi connectivity index (χ2v) is 6.19. The van der Waals surface area contributed by atoms with E-state index in [0.29, 0.717) is 35.1 Å². The highest BCUT2D eigenvalue weighted by atomic mass is 35.5. The number of ether oxygens (including phenoxy) is 5. The SMILES string of the molecule is CCOc1cc(C=C(Cl)C(=O)c2cc(OC)c(OC)c(OC)c2OC)ccc1N. The lowest BCUT2D eigenvalue weighted by atomic mass is 10.1. The summed E-state index contributed by atoms with van der Waals surface area (Å²) in [4.78, 5) is 13.1. The molecule has 0 saturated carbocycles. The summed E-state index contributed by atoms with van der Waals surface area (Å²) in [7, 11) is 5.78. The van der Waals surface area contributed by atoms with Crippen molar-refractivity contribution in [1.29, 1.82) is 0 Å². The van der Waals surface area contributed by atoms with Crippen molar-refractivity contribution < 1.29 is 28.5 Å². The number of allylic oxidation sites excluding steroid dienone is 1. The maximum Gasteiger partial charge on any atom is 0.208 e. The van der Waals surface area contributed by atoms with Crippen LogP contribution >= 0.6 is 11.6 Å². The number of methoxy groups -OCH3 is 4. The minimum Gasteiger partial charge on any atom is -0.493 e. The monoisotopic (exact) mass is 421 g/mol. The highest BCUT2D eigenvalue weighted by Crippen LogP contribution is 2.47. The Labute approximate surface area is 174 Å². The normalized spacial score (nSPS) is 11.0. The number of ketones is 1. The Morgan fingerprint density at radius 3 is 2.17 bits per heavy atom. The molecule has 0 amide bonds. The van der Waals surface area contributed by atoms with Crippen LogP contribution in [0.5, 0.6) is 28.7 Å². The van der Waals surface area contributed by atoms with Gasteiger partial charge in [0.15, 0.2) is 11.5 Å². The number of halogens is 1. The average molecular weight is 422 g/mol. The number of hydrogen-bond acceptors (Lipinski definition) is 7. The van der Waals surface area contributed by atoms with E-state index in [9.17, 15) is 4.79 Å². The summed E-state index contributed by atoms with van der Waals surface area (Å²) in [6.07, 6.45) is 1.52. The molecule has 0 bridgehead atoms. The molecule has 0 radical (unpaired) electrons. The van der Waals surface area contributed by atoms with Gasteiger partial charge in [0.05, 0.1) is 51.3 Å². The highest BCUT2D eigenvalue weighted by Gasteiger charge is 2.26. The van der Waals surface area contributed by atoms with Gasteiger partial charge in [-0.3, -0.25) is 4.79 Å². The maximum atomic E-state index is 13.1. The number of rotatable bonds is 9. The van der Waals surface area contributed by atoms with Crippen molar-refractivity contribution in [2.45, 2.75) is 6.92 Å². The first kappa shape index (κ1) is 22.2. The predicted molar refractivity (Wildman–Crippen MR) is 113 cm³/mol. The molecule has 0 fully saturated rings. The summed E-state index contributed by atoms with van der Waals surface area (Å²) in [5, 5.41) is -0.0372. The zero-order valence-electron chi connectivity index (χ0n) is 17.0. The molecule has 0 aliphatic heterocycles. The van der Waals surface area contributed by atoms with Crippen molar-refractivity contribution in [3.63, 3.8) is 0 Å². The van der Waals surface area contributed by atoms with Crippen LogP contribution in [-0.2, 0) is 0 Å². The Kier molecular flexibility index (Phi) is 7.61. The molecular formula is C21H24ClNO6. The topological polar surface area (TPSA) is 89.2 Å². The molecule has 0 unspecified atom stereocenters. The summed E-state index contributed by atoms with van der Waals surface area (Å²) in [6.45, 7) is 2.32. The van der Waals surface area contributed by atoms with Gasteiger partial charge in [0.25, 0.3) is 0 Å². The lowest BCUT2D eigenvalue weighted by Crippen LogP contribution is -2.07. The smallest absolute Gasteiger partial charge is 0.208 e.